The fourth-order valence-electron chi connectivity index (χ4n) is 2.50. The minimum atomic E-state index is -3.51. The number of rotatable bonds is 5. The molecule has 0 saturated carbocycles. The van der Waals surface area contributed by atoms with Crippen LogP contribution in [-0.2, 0) is 10.0 Å². The Balaban J connectivity index is 2.21. The van der Waals surface area contributed by atoms with E-state index in [1.54, 1.807) is 22.5 Å². The molecule has 5 nitrogen and oxygen atoms in total. The molecular weight excluding hydrogens is 356 g/mol. The molecule has 2 rings (SSSR count). The van der Waals surface area contributed by atoms with Crippen molar-refractivity contribution in [1.82, 2.24) is 9.21 Å². The topological polar surface area (TPSA) is 49.9 Å². The van der Waals surface area contributed by atoms with E-state index in [2.05, 4.69) is 27.8 Å². The molecule has 1 aromatic rings. The van der Waals surface area contributed by atoms with Crippen LogP contribution < -0.4 is 4.74 Å². The van der Waals surface area contributed by atoms with Crippen molar-refractivity contribution in [2.24, 2.45) is 0 Å². The van der Waals surface area contributed by atoms with Gasteiger partial charge in [0.1, 0.15) is 10.6 Å². The van der Waals surface area contributed by atoms with Crippen molar-refractivity contribution in [1.29, 1.82) is 0 Å². The van der Waals surface area contributed by atoms with Gasteiger partial charge in [-0.2, -0.15) is 4.31 Å². The van der Waals surface area contributed by atoms with E-state index in [0.717, 1.165) is 30.5 Å². The van der Waals surface area contributed by atoms with E-state index in [-0.39, 0.29) is 4.90 Å². The van der Waals surface area contributed by atoms with E-state index in [1.807, 2.05) is 0 Å². The molecule has 0 aromatic heterocycles. The van der Waals surface area contributed by atoms with Crippen LogP contribution in [-0.4, -0.2) is 57.5 Å². The van der Waals surface area contributed by atoms with Crippen LogP contribution in [0.4, 0.5) is 0 Å². The molecule has 7 heteroatoms. The molecule has 0 spiro atoms. The number of hydrogen-bond donors (Lipinski definition) is 0. The third-order valence-electron chi connectivity index (χ3n) is 3.61. The van der Waals surface area contributed by atoms with E-state index in [1.165, 1.54) is 7.11 Å². The average molecular weight is 377 g/mol. The summed E-state index contributed by atoms with van der Waals surface area (Å²) in [5, 5.41) is 0. The van der Waals surface area contributed by atoms with Crippen molar-refractivity contribution in [3.63, 3.8) is 0 Å². The maximum atomic E-state index is 12.8. The van der Waals surface area contributed by atoms with Crippen LogP contribution in [0.5, 0.6) is 5.75 Å². The molecule has 1 aliphatic heterocycles. The predicted octanol–water partition coefficient (Wildman–Crippen LogP) is 2.17. The van der Waals surface area contributed by atoms with E-state index >= 15 is 0 Å². The Morgan fingerprint density at radius 2 is 1.90 bits per heavy atom. The van der Waals surface area contributed by atoms with Crippen molar-refractivity contribution in [2.75, 3.05) is 39.8 Å². The molecule has 1 saturated heterocycles. The number of benzene rings is 1. The van der Waals surface area contributed by atoms with Crippen LogP contribution in [0.15, 0.2) is 27.6 Å². The molecule has 1 heterocycles. The summed E-state index contributed by atoms with van der Waals surface area (Å²) in [7, 11) is -2.03. The molecule has 0 bridgehead atoms. The summed E-state index contributed by atoms with van der Waals surface area (Å²) in [6.45, 7) is 5.77. The van der Waals surface area contributed by atoms with Crippen LogP contribution in [0.3, 0.4) is 0 Å². The van der Waals surface area contributed by atoms with Gasteiger partial charge >= 0.3 is 0 Å². The van der Waals surface area contributed by atoms with Crippen molar-refractivity contribution in [3.8, 4) is 5.75 Å². The van der Waals surface area contributed by atoms with E-state index < -0.39 is 10.0 Å². The summed E-state index contributed by atoms with van der Waals surface area (Å²) < 4.78 is 33.1. The van der Waals surface area contributed by atoms with Crippen LogP contribution >= 0.6 is 15.9 Å². The lowest BCUT2D eigenvalue weighted by atomic mass is 10.3. The van der Waals surface area contributed by atoms with Crippen molar-refractivity contribution in [3.05, 3.63) is 22.7 Å². The number of methoxy groups -OCH3 is 1. The first-order chi connectivity index (χ1) is 9.98. The third kappa shape index (κ3) is 3.77. The monoisotopic (exact) mass is 376 g/mol. The van der Waals surface area contributed by atoms with Gasteiger partial charge in [0.2, 0.25) is 10.0 Å². The van der Waals surface area contributed by atoms with Gasteiger partial charge < -0.3 is 9.64 Å². The lowest BCUT2D eigenvalue weighted by Crippen LogP contribution is -2.48. The molecular formula is C14H21BrN2O3S. The Kier molecular flexibility index (Phi) is 5.65. The molecule has 0 unspecified atom stereocenters. The highest BCUT2D eigenvalue weighted by Gasteiger charge is 2.30. The van der Waals surface area contributed by atoms with Crippen molar-refractivity contribution >= 4 is 26.0 Å². The lowest BCUT2D eigenvalue weighted by molar-refractivity contribution is 0.188. The number of ether oxygens (including phenoxy) is 1. The van der Waals surface area contributed by atoms with Crippen LogP contribution in [0.25, 0.3) is 0 Å². The number of halogens is 1. The third-order valence-corrected chi connectivity index (χ3v) is 6.03. The van der Waals surface area contributed by atoms with Crippen LogP contribution in [0.2, 0.25) is 0 Å². The SMILES string of the molecule is CCCN1CCN(S(=O)(=O)c2cc(Br)ccc2OC)CC1. The van der Waals surface area contributed by atoms with Gasteiger partial charge in [0.25, 0.3) is 0 Å². The fourth-order valence-corrected chi connectivity index (χ4v) is 4.62. The zero-order valence-corrected chi connectivity index (χ0v) is 14.8. The Morgan fingerprint density at radius 1 is 1.24 bits per heavy atom. The molecule has 1 fully saturated rings. The second kappa shape index (κ2) is 7.09. The summed E-state index contributed by atoms with van der Waals surface area (Å²) >= 11 is 3.33. The Labute approximate surface area is 135 Å². The molecule has 0 aliphatic carbocycles. The molecule has 0 N–H and O–H groups in total. The zero-order valence-electron chi connectivity index (χ0n) is 12.4. The standard InChI is InChI=1S/C14H21BrN2O3S/c1-3-6-16-7-9-17(10-8-16)21(18,19)14-11-12(15)4-5-13(14)20-2/h4-5,11H,3,6-10H2,1-2H3. The smallest absolute Gasteiger partial charge is 0.246 e. The summed E-state index contributed by atoms with van der Waals surface area (Å²) in [6, 6.07) is 5.05. The Hall–Kier alpha value is -0.630. The number of nitrogens with zero attached hydrogens (tertiary/aromatic N) is 2. The molecule has 0 radical (unpaired) electrons. The molecule has 0 atom stereocenters. The Bertz CT molecular complexity index is 584. The van der Waals surface area contributed by atoms with E-state index in [9.17, 15) is 8.42 Å². The lowest BCUT2D eigenvalue weighted by Gasteiger charge is -2.34. The highest BCUT2D eigenvalue weighted by Crippen LogP contribution is 2.30. The number of piperazine rings is 1. The van der Waals surface area contributed by atoms with E-state index in [0.29, 0.717) is 18.8 Å². The first kappa shape index (κ1) is 16.7. The normalized spacial score (nSPS) is 17.9. The van der Waals surface area contributed by atoms with Gasteiger partial charge in [-0.15, -0.1) is 0 Å². The largest absolute Gasteiger partial charge is 0.495 e. The molecule has 1 aromatic carbocycles. The van der Waals surface area contributed by atoms with Gasteiger partial charge in [-0.25, -0.2) is 8.42 Å². The quantitative estimate of drug-likeness (QED) is 0.789. The first-order valence-corrected chi connectivity index (χ1v) is 9.28. The van der Waals surface area contributed by atoms with Gasteiger partial charge in [-0.3, -0.25) is 0 Å². The van der Waals surface area contributed by atoms with Gasteiger partial charge in [0.05, 0.1) is 7.11 Å². The van der Waals surface area contributed by atoms with Gasteiger partial charge in [0, 0.05) is 30.7 Å². The van der Waals surface area contributed by atoms with Crippen molar-refractivity contribution < 1.29 is 13.2 Å². The summed E-state index contributed by atoms with van der Waals surface area (Å²) in [5.74, 6) is 0.384. The minimum Gasteiger partial charge on any atom is -0.495 e. The van der Waals surface area contributed by atoms with Crippen LogP contribution in [0, 0.1) is 0 Å². The van der Waals surface area contributed by atoms with Gasteiger partial charge in [-0.1, -0.05) is 22.9 Å². The van der Waals surface area contributed by atoms with Crippen molar-refractivity contribution in [2.45, 2.75) is 18.2 Å². The predicted molar refractivity (Wildman–Crippen MR) is 86.2 cm³/mol. The second-order valence-corrected chi connectivity index (χ2v) is 7.86. The fraction of sp³-hybridized carbons (Fsp3) is 0.571. The van der Waals surface area contributed by atoms with Crippen LogP contribution in [0.1, 0.15) is 13.3 Å². The molecule has 21 heavy (non-hydrogen) atoms. The molecule has 1 aliphatic rings. The highest BCUT2D eigenvalue weighted by atomic mass is 79.9. The maximum absolute atomic E-state index is 12.8. The molecule has 118 valence electrons. The Morgan fingerprint density at radius 3 is 2.48 bits per heavy atom. The summed E-state index contributed by atoms with van der Waals surface area (Å²) in [6.07, 6.45) is 1.09. The highest BCUT2D eigenvalue weighted by molar-refractivity contribution is 9.10. The number of hydrogen-bond acceptors (Lipinski definition) is 4. The summed E-state index contributed by atoms with van der Waals surface area (Å²) in [4.78, 5) is 2.52. The molecule has 0 amide bonds. The first-order valence-electron chi connectivity index (χ1n) is 7.05. The van der Waals surface area contributed by atoms with Gasteiger partial charge in [0.15, 0.2) is 0 Å². The zero-order chi connectivity index (χ0) is 15.5. The van der Waals surface area contributed by atoms with Gasteiger partial charge in [-0.05, 0) is 31.2 Å². The second-order valence-electron chi connectivity index (χ2n) is 5.04. The summed E-state index contributed by atoms with van der Waals surface area (Å²) in [5.41, 5.74) is 0. The minimum absolute atomic E-state index is 0.225. The average Bonchev–Trinajstić information content (AvgIpc) is 2.48. The van der Waals surface area contributed by atoms with E-state index in [4.69, 9.17) is 4.74 Å². The maximum Gasteiger partial charge on any atom is 0.246 e. The number of sulfonamides is 1.